The van der Waals surface area contributed by atoms with Gasteiger partial charge in [-0.3, -0.25) is 0 Å². The molecule has 0 saturated heterocycles. The minimum atomic E-state index is 0. The lowest BCUT2D eigenvalue weighted by Crippen LogP contribution is -3.00. The Labute approximate surface area is 152 Å². The molecule has 0 fully saturated rings. The second-order valence-corrected chi connectivity index (χ2v) is 6.59. The van der Waals surface area contributed by atoms with Gasteiger partial charge in [-0.15, -0.1) is 0 Å². The van der Waals surface area contributed by atoms with E-state index in [2.05, 4.69) is 53.7 Å². The number of unbranched alkanes of at least 4 members (excludes halogenated alkanes) is 9. The number of aromatic nitrogens is 2. The van der Waals surface area contributed by atoms with Crippen molar-refractivity contribution in [2.24, 2.45) is 7.05 Å². The number of para-hydroxylation sites is 2. The van der Waals surface area contributed by atoms with Crippen molar-refractivity contribution in [2.75, 3.05) is 0 Å². The standard InChI is InChI=1S/C20H33N2.BrH/c1-3-4-5-6-7-8-9-10-11-14-17-22-18-21(2)19-15-12-13-16-20(19)22;/h12-13,15-16,18H,3-11,14,17H2,1-2H3;1H/q+1;/p-1. The summed E-state index contributed by atoms with van der Waals surface area (Å²) in [7, 11) is 2.14. The van der Waals surface area contributed by atoms with E-state index in [0.717, 1.165) is 6.54 Å². The zero-order valence-electron chi connectivity index (χ0n) is 14.9. The van der Waals surface area contributed by atoms with Gasteiger partial charge in [-0.05, 0) is 25.0 Å². The molecule has 0 bridgehead atoms. The van der Waals surface area contributed by atoms with Crippen LogP contribution in [0, 0.1) is 0 Å². The van der Waals surface area contributed by atoms with Crippen LogP contribution < -0.4 is 21.5 Å². The fourth-order valence-electron chi connectivity index (χ4n) is 3.29. The van der Waals surface area contributed by atoms with Crippen molar-refractivity contribution in [2.45, 2.75) is 77.7 Å². The zero-order valence-corrected chi connectivity index (χ0v) is 16.5. The lowest BCUT2D eigenvalue weighted by molar-refractivity contribution is -0.645. The molecule has 23 heavy (non-hydrogen) atoms. The van der Waals surface area contributed by atoms with E-state index in [1.807, 2.05) is 0 Å². The van der Waals surface area contributed by atoms with Gasteiger partial charge in [0.15, 0.2) is 11.0 Å². The summed E-state index contributed by atoms with van der Waals surface area (Å²) in [5.74, 6) is 0. The molecule has 0 unspecified atom stereocenters. The van der Waals surface area contributed by atoms with Crippen LogP contribution in [0.5, 0.6) is 0 Å². The molecule has 2 aromatic rings. The minimum Gasteiger partial charge on any atom is -1.00 e. The molecule has 0 saturated carbocycles. The number of aryl methyl sites for hydroxylation is 2. The first-order valence-corrected chi connectivity index (χ1v) is 9.26. The molecule has 2 nitrogen and oxygen atoms in total. The molecule has 2 rings (SSSR count). The van der Waals surface area contributed by atoms with E-state index in [1.54, 1.807) is 0 Å². The van der Waals surface area contributed by atoms with Gasteiger partial charge in [-0.1, -0.05) is 70.4 Å². The van der Waals surface area contributed by atoms with Crippen molar-refractivity contribution in [3.63, 3.8) is 0 Å². The Kier molecular flexibility index (Phi) is 10.3. The summed E-state index contributed by atoms with van der Waals surface area (Å²) in [5, 5.41) is 0. The van der Waals surface area contributed by atoms with Gasteiger partial charge in [0.1, 0.15) is 0 Å². The van der Waals surface area contributed by atoms with Crippen LogP contribution in [0.3, 0.4) is 0 Å². The SMILES string of the molecule is CCCCCCCCCCCCn1c[n+](C)c2ccccc21.[Br-]. The number of fused-ring (bicyclic) bond motifs is 1. The normalized spacial score (nSPS) is 10.9. The third kappa shape index (κ3) is 6.66. The predicted octanol–water partition coefficient (Wildman–Crippen LogP) is 2.39. The fraction of sp³-hybridized carbons (Fsp3) is 0.650. The fourth-order valence-corrected chi connectivity index (χ4v) is 3.29. The van der Waals surface area contributed by atoms with Crippen molar-refractivity contribution in [3.05, 3.63) is 30.6 Å². The summed E-state index contributed by atoms with van der Waals surface area (Å²) in [6.07, 6.45) is 16.3. The zero-order chi connectivity index (χ0) is 15.6. The summed E-state index contributed by atoms with van der Waals surface area (Å²) >= 11 is 0. The maximum absolute atomic E-state index is 2.40. The van der Waals surface area contributed by atoms with Gasteiger partial charge in [-0.2, -0.15) is 0 Å². The number of rotatable bonds is 11. The van der Waals surface area contributed by atoms with E-state index in [-0.39, 0.29) is 17.0 Å². The Balaban J connectivity index is 0.00000264. The summed E-state index contributed by atoms with van der Waals surface area (Å²) in [6, 6.07) is 8.68. The van der Waals surface area contributed by atoms with Gasteiger partial charge >= 0.3 is 0 Å². The molecule has 130 valence electrons. The quantitative estimate of drug-likeness (QED) is 0.418. The number of hydrogen-bond donors (Lipinski definition) is 0. The first-order chi connectivity index (χ1) is 10.8. The van der Waals surface area contributed by atoms with E-state index < -0.39 is 0 Å². The molecular formula is C20H33BrN2. The van der Waals surface area contributed by atoms with Crippen LogP contribution in [0.1, 0.15) is 71.1 Å². The van der Waals surface area contributed by atoms with E-state index in [0.29, 0.717) is 0 Å². The van der Waals surface area contributed by atoms with Crippen LogP contribution in [-0.2, 0) is 13.6 Å². The first-order valence-electron chi connectivity index (χ1n) is 9.26. The molecule has 0 spiro atoms. The molecule has 0 atom stereocenters. The highest BCUT2D eigenvalue weighted by molar-refractivity contribution is 5.71. The molecule has 3 heteroatoms. The molecule has 1 aromatic heterocycles. The van der Waals surface area contributed by atoms with Crippen LogP contribution >= 0.6 is 0 Å². The molecule has 1 aromatic carbocycles. The Morgan fingerprint density at radius 3 is 2.04 bits per heavy atom. The van der Waals surface area contributed by atoms with Crippen LogP contribution in [-0.4, -0.2) is 4.57 Å². The van der Waals surface area contributed by atoms with Crippen molar-refractivity contribution in [1.82, 2.24) is 4.57 Å². The Morgan fingerprint density at radius 2 is 1.39 bits per heavy atom. The number of nitrogens with zero attached hydrogens (tertiary/aromatic N) is 2. The van der Waals surface area contributed by atoms with Crippen LogP contribution in [0.25, 0.3) is 11.0 Å². The van der Waals surface area contributed by atoms with Gasteiger partial charge < -0.3 is 17.0 Å². The lowest BCUT2D eigenvalue weighted by atomic mass is 10.1. The molecule has 0 aliphatic carbocycles. The van der Waals surface area contributed by atoms with Gasteiger partial charge in [0.25, 0.3) is 0 Å². The first kappa shape index (κ1) is 20.2. The van der Waals surface area contributed by atoms with Crippen molar-refractivity contribution in [3.8, 4) is 0 Å². The van der Waals surface area contributed by atoms with Gasteiger partial charge in [-0.25, -0.2) is 9.13 Å². The largest absolute Gasteiger partial charge is 1.00 e. The second-order valence-electron chi connectivity index (χ2n) is 6.59. The number of hydrogen-bond acceptors (Lipinski definition) is 0. The summed E-state index contributed by atoms with van der Waals surface area (Å²) in [5.41, 5.74) is 2.69. The van der Waals surface area contributed by atoms with E-state index >= 15 is 0 Å². The molecule has 0 amide bonds. The molecular weight excluding hydrogens is 348 g/mol. The molecule has 0 radical (unpaired) electrons. The summed E-state index contributed by atoms with van der Waals surface area (Å²) in [6.45, 7) is 3.44. The smallest absolute Gasteiger partial charge is 0.244 e. The second kappa shape index (κ2) is 11.7. The molecule has 0 aliphatic heterocycles. The average molecular weight is 381 g/mol. The summed E-state index contributed by atoms with van der Waals surface area (Å²) in [4.78, 5) is 0. The Bertz CT molecular complexity index is 548. The van der Waals surface area contributed by atoms with Crippen LogP contribution in [0.4, 0.5) is 0 Å². The van der Waals surface area contributed by atoms with Gasteiger partial charge in [0.2, 0.25) is 6.33 Å². The van der Waals surface area contributed by atoms with E-state index in [9.17, 15) is 0 Å². The molecule has 1 heterocycles. The molecule has 0 N–H and O–H groups in total. The lowest BCUT2D eigenvalue weighted by Gasteiger charge is -2.02. The predicted molar refractivity (Wildman–Crippen MR) is 95.0 cm³/mol. The van der Waals surface area contributed by atoms with Gasteiger partial charge in [0, 0.05) is 0 Å². The van der Waals surface area contributed by atoms with Gasteiger partial charge in [0.05, 0.1) is 13.6 Å². The van der Waals surface area contributed by atoms with Crippen molar-refractivity contribution < 1.29 is 21.5 Å². The summed E-state index contributed by atoms with van der Waals surface area (Å²) < 4.78 is 4.63. The highest BCUT2D eigenvalue weighted by Crippen LogP contribution is 2.13. The highest BCUT2D eigenvalue weighted by atomic mass is 79.9. The van der Waals surface area contributed by atoms with E-state index in [1.165, 1.54) is 75.2 Å². The third-order valence-corrected chi connectivity index (χ3v) is 4.64. The number of halogens is 1. The topological polar surface area (TPSA) is 8.81 Å². The Morgan fingerprint density at radius 1 is 0.826 bits per heavy atom. The van der Waals surface area contributed by atoms with Crippen LogP contribution in [0.2, 0.25) is 0 Å². The van der Waals surface area contributed by atoms with E-state index in [4.69, 9.17) is 0 Å². The van der Waals surface area contributed by atoms with Crippen molar-refractivity contribution in [1.29, 1.82) is 0 Å². The minimum absolute atomic E-state index is 0. The molecule has 0 aliphatic rings. The monoisotopic (exact) mass is 380 g/mol. The average Bonchev–Trinajstić information content (AvgIpc) is 2.86. The van der Waals surface area contributed by atoms with Crippen LogP contribution in [0.15, 0.2) is 30.6 Å². The third-order valence-electron chi connectivity index (χ3n) is 4.64. The maximum Gasteiger partial charge on any atom is 0.244 e. The number of benzene rings is 1. The number of imidazole rings is 1. The maximum atomic E-state index is 2.40. The van der Waals surface area contributed by atoms with Crippen molar-refractivity contribution >= 4 is 11.0 Å². The Hall–Kier alpha value is -0.830. The highest BCUT2D eigenvalue weighted by Gasteiger charge is 2.11.